The fraction of sp³-hybridized carbons (Fsp3) is 0.385. The van der Waals surface area contributed by atoms with Crippen LogP contribution in [0.5, 0.6) is 11.6 Å². The molecular weight excluding hydrogens is 432 g/mol. The largest absolute Gasteiger partial charge is 0.497 e. The predicted molar refractivity (Wildman–Crippen MR) is 132 cm³/mol. The maximum absolute atomic E-state index is 12.2. The van der Waals surface area contributed by atoms with E-state index in [4.69, 9.17) is 4.74 Å². The highest BCUT2D eigenvalue weighted by Gasteiger charge is 2.17. The molecule has 0 saturated heterocycles. The van der Waals surface area contributed by atoms with Gasteiger partial charge in [0.1, 0.15) is 5.75 Å². The number of carbonyl (C=O) groups excluding carboxylic acids is 2. The van der Waals surface area contributed by atoms with Gasteiger partial charge in [-0.05, 0) is 49.6 Å². The van der Waals surface area contributed by atoms with Crippen LogP contribution in [0.3, 0.4) is 0 Å². The first kappa shape index (κ1) is 25.0. The molecule has 1 aromatic heterocycles. The van der Waals surface area contributed by atoms with Crippen LogP contribution in [0.25, 0.3) is 10.9 Å². The number of benzene rings is 2. The van der Waals surface area contributed by atoms with Crippen molar-refractivity contribution in [3.05, 3.63) is 54.1 Å². The van der Waals surface area contributed by atoms with Crippen LogP contribution in [-0.4, -0.2) is 35.1 Å². The Kier molecular flexibility index (Phi) is 9.20. The summed E-state index contributed by atoms with van der Waals surface area (Å²) in [5, 5.41) is 22.3. The monoisotopic (exact) mass is 464 g/mol. The number of azo groups is 1. The summed E-state index contributed by atoms with van der Waals surface area (Å²) in [6.07, 6.45) is 4.36. The molecule has 3 aromatic rings. The lowest BCUT2D eigenvalue weighted by Crippen LogP contribution is -2.24. The van der Waals surface area contributed by atoms with Gasteiger partial charge in [0.05, 0.1) is 12.6 Å². The highest BCUT2D eigenvalue weighted by molar-refractivity contribution is 5.96. The van der Waals surface area contributed by atoms with Crippen LogP contribution in [0.4, 0.5) is 5.69 Å². The molecule has 2 N–H and O–H groups in total. The van der Waals surface area contributed by atoms with E-state index in [2.05, 4.69) is 22.5 Å². The molecule has 0 fully saturated rings. The summed E-state index contributed by atoms with van der Waals surface area (Å²) in [6.45, 7) is 3.29. The summed E-state index contributed by atoms with van der Waals surface area (Å²) in [5.41, 5.74) is 1.74. The molecular formula is C26H32N4O4. The first-order chi connectivity index (χ1) is 16.5. The van der Waals surface area contributed by atoms with Crippen molar-refractivity contribution in [2.75, 3.05) is 13.7 Å². The minimum Gasteiger partial charge on any atom is -0.497 e. The summed E-state index contributed by atoms with van der Waals surface area (Å²) < 4.78 is 7.09. The molecule has 2 aromatic carbocycles. The quantitative estimate of drug-likeness (QED) is 0.263. The van der Waals surface area contributed by atoms with Crippen molar-refractivity contribution < 1.29 is 19.4 Å². The average Bonchev–Trinajstić information content (AvgIpc) is 3.13. The molecule has 0 aliphatic carbocycles. The molecule has 0 aliphatic heterocycles. The number of rotatable bonds is 12. The summed E-state index contributed by atoms with van der Waals surface area (Å²) in [6, 6.07) is 14.6. The summed E-state index contributed by atoms with van der Waals surface area (Å²) >= 11 is 0. The number of hydrogen-bond acceptors (Lipinski definition) is 5. The Morgan fingerprint density at radius 3 is 2.59 bits per heavy atom. The third-order valence-corrected chi connectivity index (χ3v) is 5.60. The Morgan fingerprint density at radius 1 is 1.06 bits per heavy atom. The number of hydrogen-bond donors (Lipinski definition) is 2. The van der Waals surface area contributed by atoms with Gasteiger partial charge >= 0.3 is 0 Å². The smallest absolute Gasteiger partial charge is 0.264 e. The highest BCUT2D eigenvalue weighted by atomic mass is 16.5. The van der Waals surface area contributed by atoms with Crippen molar-refractivity contribution in [3.8, 4) is 11.6 Å². The van der Waals surface area contributed by atoms with Crippen LogP contribution in [0.15, 0.2) is 58.8 Å². The molecule has 2 amide bonds. The Labute approximate surface area is 199 Å². The van der Waals surface area contributed by atoms with Crippen molar-refractivity contribution in [2.24, 2.45) is 10.2 Å². The van der Waals surface area contributed by atoms with Crippen LogP contribution in [0.2, 0.25) is 0 Å². The Balaban J connectivity index is 1.52. The van der Waals surface area contributed by atoms with E-state index in [0.29, 0.717) is 36.2 Å². The number of carbonyl (C=O) groups is 2. The Bertz CT molecular complexity index is 1140. The molecule has 3 rings (SSSR count). The predicted octanol–water partition coefficient (Wildman–Crippen LogP) is 5.76. The summed E-state index contributed by atoms with van der Waals surface area (Å²) in [7, 11) is 1.58. The molecule has 34 heavy (non-hydrogen) atoms. The number of unbranched alkanes of at least 4 members (excludes halogenated alkanes) is 3. The number of nitrogens with one attached hydrogen (secondary N) is 1. The van der Waals surface area contributed by atoms with Gasteiger partial charge in [-0.1, -0.05) is 38.0 Å². The standard InChI is InChI=1S/C26H32N4O4/c1-3-4-17-30-22-15-14-20(34-2)18-21(22)24(26(30)33)29-28-23(31)13-9-6-10-16-27-25(32)19-11-7-5-8-12-19/h5,7-8,11-12,14-15,18,33H,3-4,6,9-10,13,16-17H2,1-2H3,(H,27,32). The zero-order chi connectivity index (χ0) is 24.3. The van der Waals surface area contributed by atoms with Gasteiger partial charge in [0.15, 0.2) is 5.69 Å². The molecule has 0 spiro atoms. The van der Waals surface area contributed by atoms with Gasteiger partial charge in [-0.15, -0.1) is 10.2 Å². The van der Waals surface area contributed by atoms with Crippen molar-refractivity contribution in [1.82, 2.24) is 9.88 Å². The van der Waals surface area contributed by atoms with E-state index >= 15 is 0 Å². The SMILES string of the molecule is CCCCn1c(O)c(N=NC(=O)CCCCCNC(=O)c2ccccc2)c2cc(OC)ccc21. The number of nitrogens with zero attached hydrogens (tertiary/aromatic N) is 3. The highest BCUT2D eigenvalue weighted by Crippen LogP contribution is 2.40. The van der Waals surface area contributed by atoms with Crippen LogP contribution in [0, 0.1) is 0 Å². The van der Waals surface area contributed by atoms with Crippen molar-refractivity contribution in [1.29, 1.82) is 0 Å². The normalized spacial score (nSPS) is 11.2. The first-order valence-corrected chi connectivity index (χ1v) is 11.7. The van der Waals surface area contributed by atoms with E-state index in [1.54, 1.807) is 29.9 Å². The Hall–Kier alpha value is -3.68. The van der Waals surface area contributed by atoms with Gasteiger partial charge < -0.3 is 19.7 Å². The van der Waals surface area contributed by atoms with E-state index in [0.717, 1.165) is 31.2 Å². The van der Waals surface area contributed by atoms with Gasteiger partial charge in [0.2, 0.25) is 5.88 Å². The van der Waals surface area contributed by atoms with E-state index < -0.39 is 0 Å². The Morgan fingerprint density at radius 2 is 1.85 bits per heavy atom. The van der Waals surface area contributed by atoms with E-state index in [1.165, 1.54) is 0 Å². The summed E-state index contributed by atoms with van der Waals surface area (Å²) in [5.74, 6) is 0.203. The second-order valence-corrected chi connectivity index (χ2v) is 8.09. The van der Waals surface area contributed by atoms with Gasteiger partial charge in [0, 0.05) is 30.5 Å². The lowest BCUT2D eigenvalue weighted by atomic mass is 10.2. The van der Waals surface area contributed by atoms with Crippen molar-refractivity contribution >= 4 is 28.4 Å². The number of aromatic hydroxyl groups is 1. The minimum atomic E-state index is -0.343. The lowest BCUT2D eigenvalue weighted by Gasteiger charge is -2.05. The number of aryl methyl sites for hydroxylation is 1. The number of amides is 2. The molecule has 0 bridgehead atoms. The van der Waals surface area contributed by atoms with Gasteiger partial charge in [0.25, 0.3) is 11.8 Å². The number of ether oxygens (including phenoxy) is 1. The molecule has 8 heteroatoms. The lowest BCUT2D eigenvalue weighted by molar-refractivity contribution is -0.118. The van der Waals surface area contributed by atoms with Gasteiger partial charge in [-0.2, -0.15) is 0 Å². The maximum atomic E-state index is 12.2. The zero-order valence-electron chi connectivity index (χ0n) is 19.8. The number of aromatic nitrogens is 1. The zero-order valence-corrected chi connectivity index (χ0v) is 19.8. The summed E-state index contributed by atoms with van der Waals surface area (Å²) in [4.78, 5) is 24.3. The molecule has 180 valence electrons. The van der Waals surface area contributed by atoms with Crippen LogP contribution >= 0.6 is 0 Å². The topological polar surface area (TPSA) is 105 Å². The van der Waals surface area contributed by atoms with E-state index in [1.807, 2.05) is 30.3 Å². The molecule has 0 saturated carbocycles. The minimum absolute atomic E-state index is 0.00223. The molecule has 0 unspecified atom stereocenters. The van der Waals surface area contributed by atoms with Gasteiger partial charge in [-0.3, -0.25) is 9.59 Å². The third-order valence-electron chi connectivity index (χ3n) is 5.60. The van der Waals surface area contributed by atoms with Crippen LogP contribution in [-0.2, 0) is 11.3 Å². The molecule has 0 radical (unpaired) electrons. The first-order valence-electron chi connectivity index (χ1n) is 11.7. The average molecular weight is 465 g/mol. The maximum Gasteiger partial charge on any atom is 0.264 e. The van der Waals surface area contributed by atoms with Crippen LogP contribution < -0.4 is 10.1 Å². The second kappa shape index (κ2) is 12.5. The van der Waals surface area contributed by atoms with Crippen molar-refractivity contribution in [3.63, 3.8) is 0 Å². The molecule has 0 aliphatic rings. The van der Waals surface area contributed by atoms with E-state index in [9.17, 15) is 14.7 Å². The van der Waals surface area contributed by atoms with Crippen LogP contribution in [0.1, 0.15) is 55.8 Å². The molecule has 8 nitrogen and oxygen atoms in total. The van der Waals surface area contributed by atoms with Gasteiger partial charge in [-0.25, -0.2) is 0 Å². The molecule has 0 atom stereocenters. The number of methoxy groups -OCH3 is 1. The fourth-order valence-electron chi connectivity index (χ4n) is 3.70. The van der Waals surface area contributed by atoms with E-state index in [-0.39, 0.29) is 29.8 Å². The second-order valence-electron chi connectivity index (χ2n) is 8.09. The van der Waals surface area contributed by atoms with Crippen molar-refractivity contribution in [2.45, 2.75) is 52.0 Å². The fourth-order valence-corrected chi connectivity index (χ4v) is 3.70. The molecule has 1 heterocycles. The number of fused-ring (bicyclic) bond motifs is 1. The third kappa shape index (κ3) is 6.43.